The topological polar surface area (TPSA) is 82.7 Å². The Balaban J connectivity index is 1.63. The van der Waals surface area contributed by atoms with Gasteiger partial charge >= 0.3 is 6.03 Å². The molecule has 2 heterocycles. The highest BCUT2D eigenvalue weighted by Crippen LogP contribution is 2.46. The third-order valence-corrected chi connectivity index (χ3v) is 3.87. The van der Waals surface area contributed by atoms with Gasteiger partial charge in [0.1, 0.15) is 5.15 Å². The van der Waals surface area contributed by atoms with Crippen LogP contribution in [0, 0.1) is 12.8 Å². The SMILES string of the molecule is Cc1cnc(Cl)cc1NC(=O)Nc1cc(C2CC2C)[nH]n1. The minimum Gasteiger partial charge on any atom is -0.307 e. The molecule has 0 saturated heterocycles. The van der Waals surface area contributed by atoms with E-state index in [9.17, 15) is 4.79 Å². The van der Waals surface area contributed by atoms with Crippen LogP contribution in [0.5, 0.6) is 0 Å². The van der Waals surface area contributed by atoms with Crippen LogP contribution in [-0.4, -0.2) is 21.2 Å². The van der Waals surface area contributed by atoms with Gasteiger partial charge in [-0.25, -0.2) is 9.78 Å². The number of H-pyrrole nitrogens is 1. The van der Waals surface area contributed by atoms with Gasteiger partial charge in [0.2, 0.25) is 0 Å². The van der Waals surface area contributed by atoms with E-state index in [0.717, 1.165) is 11.3 Å². The van der Waals surface area contributed by atoms with Gasteiger partial charge in [0.05, 0.1) is 0 Å². The lowest BCUT2D eigenvalue weighted by Gasteiger charge is -2.08. The second-order valence-corrected chi connectivity index (χ2v) is 5.82. The van der Waals surface area contributed by atoms with Gasteiger partial charge in [-0.2, -0.15) is 5.10 Å². The lowest BCUT2D eigenvalue weighted by molar-refractivity contribution is 0.262. The van der Waals surface area contributed by atoms with Gasteiger partial charge in [-0.1, -0.05) is 18.5 Å². The Hall–Kier alpha value is -2.08. The Morgan fingerprint density at radius 2 is 2.19 bits per heavy atom. The van der Waals surface area contributed by atoms with Crippen molar-refractivity contribution in [2.75, 3.05) is 10.6 Å². The number of aryl methyl sites for hydroxylation is 1. The van der Waals surface area contributed by atoms with Crippen molar-refractivity contribution >= 4 is 29.1 Å². The number of aromatic nitrogens is 3. The number of urea groups is 1. The Bertz CT molecular complexity index is 684. The molecule has 21 heavy (non-hydrogen) atoms. The van der Waals surface area contributed by atoms with E-state index in [1.165, 1.54) is 6.42 Å². The smallest absolute Gasteiger partial charge is 0.307 e. The molecular weight excluding hydrogens is 290 g/mol. The number of nitrogens with zero attached hydrogens (tertiary/aromatic N) is 2. The molecule has 6 nitrogen and oxygen atoms in total. The summed E-state index contributed by atoms with van der Waals surface area (Å²) < 4.78 is 0. The molecule has 2 amide bonds. The largest absolute Gasteiger partial charge is 0.324 e. The highest BCUT2D eigenvalue weighted by Gasteiger charge is 2.35. The van der Waals surface area contributed by atoms with Gasteiger partial charge in [-0.3, -0.25) is 10.4 Å². The molecule has 1 saturated carbocycles. The molecule has 0 spiro atoms. The van der Waals surface area contributed by atoms with Crippen LogP contribution in [0.4, 0.5) is 16.3 Å². The number of halogens is 1. The fourth-order valence-corrected chi connectivity index (χ4v) is 2.41. The summed E-state index contributed by atoms with van der Waals surface area (Å²) in [5.74, 6) is 1.74. The zero-order chi connectivity index (χ0) is 15.0. The number of rotatable bonds is 3. The molecule has 2 aromatic rings. The van der Waals surface area contributed by atoms with E-state index in [4.69, 9.17) is 11.6 Å². The Morgan fingerprint density at radius 3 is 2.90 bits per heavy atom. The van der Waals surface area contributed by atoms with Crippen LogP contribution in [-0.2, 0) is 0 Å². The summed E-state index contributed by atoms with van der Waals surface area (Å²) in [4.78, 5) is 15.9. The maximum atomic E-state index is 12.0. The second kappa shape index (κ2) is 5.37. The zero-order valence-corrected chi connectivity index (χ0v) is 12.5. The number of aromatic amines is 1. The second-order valence-electron chi connectivity index (χ2n) is 5.43. The summed E-state index contributed by atoms with van der Waals surface area (Å²) in [6.45, 7) is 4.04. The van der Waals surface area contributed by atoms with Gasteiger partial charge < -0.3 is 5.32 Å². The fourth-order valence-electron chi connectivity index (χ4n) is 2.25. The van der Waals surface area contributed by atoms with Crippen molar-refractivity contribution < 1.29 is 4.79 Å². The van der Waals surface area contributed by atoms with Crippen LogP contribution < -0.4 is 10.6 Å². The molecule has 2 aromatic heterocycles. The zero-order valence-electron chi connectivity index (χ0n) is 11.8. The number of hydrogen-bond acceptors (Lipinski definition) is 3. The van der Waals surface area contributed by atoms with Gasteiger partial charge in [-0.05, 0) is 30.9 Å². The van der Waals surface area contributed by atoms with Crippen molar-refractivity contribution in [2.45, 2.75) is 26.2 Å². The summed E-state index contributed by atoms with van der Waals surface area (Å²) in [5, 5.41) is 12.8. The average molecular weight is 306 g/mol. The van der Waals surface area contributed by atoms with Crippen molar-refractivity contribution in [3.8, 4) is 0 Å². The molecule has 1 fully saturated rings. The molecule has 0 bridgehead atoms. The lowest BCUT2D eigenvalue weighted by atomic mass is 10.2. The van der Waals surface area contributed by atoms with Crippen molar-refractivity contribution in [3.05, 3.63) is 34.7 Å². The van der Waals surface area contributed by atoms with Gasteiger partial charge in [-0.15, -0.1) is 0 Å². The van der Waals surface area contributed by atoms with Crippen LogP contribution in [0.25, 0.3) is 0 Å². The maximum absolute atomic E-state index is 12.0. The van der Waals surface area contributed by atoms with E-state index in [0.29, 0.717) is 28.5 Å². The first-order chi connectivity index (χ1) is 10.0. The first-order valence-electron chi connectivity index (χ1n) is 6.78. The van der Waals surface area contributed by atoms with Crippen LogP contribution >= 0.6 is 11.6 Å². The fraction of sp³-hybridized carbons (Fsp3) is 0.357. The predicted octanol–water partition coefficient (Wildman–Crippen LogP) is 3.53. The summed E-state index contributed by atoms with van der Waals surface area (Å²) in [6, 6.07) is 3.13. The van der Waals surface area contributed by atoms with Crippen LogP contribution in [0.1, 0.15) is 30.5 Å². The molecule has 7 heteroatoms. The maximum Gasteiger partial charge on any atom is 0.324 e. The molecule has 0 aromatic carbocycles. The van der Waals surface area contributed by atoms with E-state index in [-0.39, 0.29) is 6.03 Å². The molecule has 3 rings (SSSR count). The van der Waals surface area contributed by atoms with Crippen molar-refractivity contribution in [2.24, 2.45) is 5.92 Å². The molecule has 110 valence electrons. The monoisotopic (exact) mass is 305 g/mol. The molecule has 1 aliphatic carbocycles. The minimum absolute atomic E-state index is 0.334. The highest BCUT2D eigenvalue weighted by molar-refractivity contribution is 6.29. The highest BCUT2D eigenvalue weighted by atomic mass is 35.5. The third-order valence-electron chi connectivity index (χ3n) is 3.67. The van der Waals surface area contributed by atoms with E-state index in [1.807, 2.05) is 13.0 Å². The number of hydrogen-bond donors (Lipinski definition) is 3. The Kier molecular flexibility index (Phi) is 3.55. The number of amides is 2. The molecule has 3 N–H and O–H groups in total. The normalized spacial score (nSPS) is 20.1. The predicted molar refractivity (Wildman–Crippen MR) is 81.7 cm³/mol. The Morgan fingerprint density at radius 1 is 1.43 bits per heavy atom. The van der Waals surface area contributed by atoms with Gasteiger partial charge in [0.15, 0.2) is 5.82 Å². The summed E-state index contributed by atoms with van der Waals surface area (Å²) in [5.41, 5.74) is 2.53. The summed E-state index contributed by atoms with van der Waals surface area (Å²) in [7, 11) is 0. The summed E-state index contributed by atoms with van der Waals surface area (Å²) >= 11 is 5.82. The standard InChI is InChI=1S/C14H16ClN5O/c1-7-3-9(7)11-5-13(20-19-11)18-14(21)17-10-4-12(15)16-6-8(10)2/h4-7,9H,3H2,1-2H3,(H3,16,17,18,19,20,21). The first kappa shape index (κ1) is 13.9. The molecule has 0 radical (unpaired) electrons. The molecular formula is C14H16ClN5O. The van der Waals surface area contributed by atoms with Crippen LogP contribution in [0.15, 0.2) is 18.3 Å². The molecule has 1 aliphatic rings. The lowest BCUT2D eigenvalue weighted by Crippen LogP contribution is -2.20. The molecule has 2 unspecified atom stereocenters. The van der Waals surface area contributed by atoms with Crippen LogP contribution in [0.3, 0.4) is 0 Å². The van der Waals surface area contributed by atoms with Gasteiger partial charge in [0, 0.05) is 29.6 Å². The van der Waals surface area contributed by atoms with Crippen molar-refractivity contribution in [1.29, 1.82) is 0 Å². The number of pyridine rings is 1. The quantitative estimate of drug-likeness (QED) is 0.759. The number of carbonyl (C=O) groups is 1. The Labute approximate surface area is 127 Å². The molecule has 0 aliphatic heterocycles. The van der Waals surface area contributed by atoms with Gasteiger partial charge in [0.25, 0.3) is 0 Å². The third kappa shape index (κ3) is 3.16. The minimum atomic E-state index is -0.359. The van der Waals surface area contributed by atoms with E-state index < -0.39 is 0 Å². The number of nitrogens with one attached hydrogen (secondary N) is 3. The van der Waals surface area contributed by atoms with Crippen molar-refractivity contribution in [3.63, 3.8) is 0 Å². The van der Waals surface area contributed by atoms with E-state index in [1.54, 1.807) is 12.3 Å². The average Bonchev–Trinajstić information content (AvgIpc) is 2.97. The summed E-state index contributed by atoms with van der Waals surface area (Å²) in [6.07, 6.45) is 2.78. The first-order valence-corrected chi connectivity index (χ1v) is 7.16. The van der Waals surface area contributed by atoms with Crippen molar-refractivity contribution in [1.82, 2.24) is 15.2 Å². The number of anilines is 2. The van der Waals surface area contributed by atoms with Crippen LogP contribution in [0.2, 0.25) is 5.15 Å². The molecule has 2 atom stereocenters. The van der Waals surface area contributed by atoms with E-state index >= 15 is 0 Å². The number of carbonyl (C=O) groups excluding carboxylic acids is 1. The van der Waals surface area contributed by atoms with E-state index in [2.05, 4.69) is 32.7 Å².